The van der Waals surface area contributed by atoms with Crippen molar-refractivity contribution in [1.29, 1.82) is 0 Å². The average molecular weight is 551 g/mol. The lowest BCUT2D eigenvalue weighted by molar-refractivity contribution is -0.147. The van der Waals surface area contributed by atoms with E-state index in [-0.39, 0.29) is 35.0 Å². The number of carbonyl (C=O) groups is 2. The number of hydrogen-bond donors (Lipinski definition) is 2. The molecule has 6 nitrogen and oxygen atoms in total. The van der Waals surface area contributed by atoms with Crippen LogP contribution in [0.4, 0.5) is 0 Å². The van der Waals surface area contributed by atoms with Crippen LogP contribution in [0.5, 0.6) is 17.2 Å². The zero-order valence-corrected chi connectivity index (χ0v) is 24.5. The van der Waals surface area contributed by atoms with Crippen molar-refractivity contribution >= 4 is 11.8 Å². The number of ketones is 1. The lowest BCUT2D eigenvalue weighted by Gasteiger charge is -2.29. The van der Waals surface area contributed by atoms with Gasteiger partial charge in [-0.15, -0.1) is 0 Å². The summed E-state index contributed by atoms with van der Waals surface area (Å²) in [4.78, 5) is 26.1. The number of hydrogen-bond acceptors (Lipinski definition) is 6. The Morgan fingerprint density at radius 2 is 1.35 bits per heavy atom. The van der Waals surface area contributed by atoms with Crippen LogP contribution < -0.4 is 4.74 Å². The van der Waals surface area contributed by atoms with Crippen LogP contribution >= 0.6 is 0 Å². The van der Waals surface area contributed by atoms with Gasteiger partial charge in [-0.25, -0.2) is 0 Å². The molecular weight excluding hydrogens is 504 g/mol. The van der Waals surface area contributed by atoms with Crippen LogP contribution in [0.1, 0.15) is 136 Å². The Labute approximate surface area is 239 Å². The van der Waals surface area contributed by atoms with Crippen molar-refractivity contribution in [2.24, 2.45) is 0 Å². The Balaban J connectivity index is 1.46. The summed E-state index contributed by atoms with van der Waals surface area (Å²) in [6.07, 6.45) is 19.3. The molecule has 40 heavy (non-hydrogen) atoms. The molecule has 218 valence electrons. The van der Waals surface area contributed by atoms with E-state index in [4.69, 9.17) is 9.47 Å². The highest BCUT2D eigenvalue weighted by molar-refractivity contribution is 6.16. The molecule has 1 aliphatic rings. The predicted octanol–water partition coefficient (Wildman–Crippen LogP) is 8.63. The summed E-state index contributed by atoms with van der Waals surface area (Å²) < 4.78 is 11.2. The number of methoxy groups -OCH3 is 1. The Morgan fingerprint density at radius 1 is 0.800 bits per heavy atom. The van der Waals surface area contributed by atoms with Gasteiger partial charge in [0, 0.05) is 23.6 Å². The molecule has 1 unspecified atom stereocenters. The number of phenols is 2. The van der Waals surface area contributed by atoms with Gasteiger partial charge < -0.3 is 19.7 Å². The van der Waals surface area contributed by atoms with Crippen molar-refractivity contribution in [3.63, 3.8) is 0 Å². The fourth-order valence-corrected chi connectivity index (χ4v) is 5.39. The summed E-state index contributed by atoms with van der Waals surface area (Å²) in [5.74, 6) is -1.01. The number of aryl methyl sites for hydroxylation is 1. The average Bonchev–Trinajstić information content (AvgIpc) is 2.92. The molecule has 2 N–H and O–H groups in total. The standard InChI is InChI=1S/C34H46O6/c1-4-5-6-7-8-9-10-11-12-13-14-15-16-17-18-19-30(37)40-34-26-20-24(2)21-28(35)31(26)33(38)32-27(34)22-25(39-3)23-29(32)36/h11-12,20-23,34-36H,4-10,13-19H2,1-3H3/b12-11+. The molecule has 2 aromatic rings. The summed E-state index contributed by atoms with van der Waals surface area (Å²) in [6.45, 7) is 4.05. The van der Waals surface area contributed by atoms with Crippen LogP contribution in [0.25, 0.3) is 0 Å². The molecule has 0 saturated heterocycles. The second-order valence-electron chi connectivity index (χ2n) is 10.9. The quantitative estimate of drug-likeness (QED) is 0.116. The van der Waals surface area contributed by atoms with Crippen molar-refractivity contribution in [2.45, 2.75) is 110 Å². The lowest BCUT2D eigenvalue weighted by Crippen LogP contribution is -2.24. The van der Waals surface area contributed by atoms with Gasteiger partial charge in [-0.3, -0.25) is 9.59 Å². The molecule has 0 fully saturated rings. The molecule has 0 saturated carbocycles. The maximum atomic E-state index is 13.2. The number of benzene rings is 2. The Morgan fingerprint density at radius 3 is 1.98 bits per heavy atom. The topological polar surface area (TPSA) is 93.1 Å². The van der Waals surface area contributed by atoms with Crippen LogP contribution in [0.3, 0.4) is 0 Å². The molecule has 0 heterocycles. The zero-order valence-electron chi connectivity index (χ0n) is 24.5. The van der Waals surface area contributed by atoms with Gasteiger partial charge >= 0.3 is 5.97 Å². The number of rotatable bonds is 17. The molecule has 1 atom stereocenters. The monoisotopic (exact) mass is 550 g/mol. The van der Waals surface area contributed by atoms with Gasteiger partial charge in [0.05, 0.1) is 18.2 Å². The highest BCUT2D eigenvalue weighted by Crippen LogP contribution is 2.45. The van der Waals surface area contributed by atoms with Gasteiger partial charge in [-0.05, 0) is 56.7 Å². The first-order chi connectivity index (χ1) is 19.4. The minimum Gasteiger partial charge on any atom is -0.507 e. The Hall–Kier alpha value is -3.28. The zero-order chi connectivity index (χ0) is 28.9. The van der Waals surface area contributed by atoms with Crippen LogP contribution in [0.2, 0.25) is 0 Å². The Kier molecular flexibility index (Phi) is 12.6. The van der Waals surface area contributed by atoms with Crippen molar-refractivity contribution in [3.05, 3.63) is 64.2 Å². The highest BCUT2D eigenvalue weighted by Gasteiger charge is 2.38. The number of ether oxygens (including phenoxy) is 2. The lowest BCUT2D eigenvalue weighted by atomic mass is 9.81. The summed E-state index contributed by atoms with van der Waals surface area (Å²) in [7, 11) is 1.46. The number of allylic oxidation sites excluding steroid dienone is 2. The van der Waals surface area contributed by atoms with Crippen LogP contribution in [-0.2, 0) is 9.53 Å². The third-order valence-electron chi connectivity index (χ3n) is 7.56. The molecule has 0 spiro atoms. The third-order valence-corrected chi connectivity index (χ3v) is 7.56. The molecule has 2 aromatic carbocycles. The Bertz CT molecular complexity index is 1170. The second-order valence-corrected chi connectivity index (χ2v) is 10.9. The van der Waals surface area contributed by atoms with E-state index in [1.807, 2.05) is 0 Å². The van der Waals surface area contributed by atoms with E-state index < -0.39 is 11.9 Å². The van der Waals surface area contributed by atoms with Crippen molar-refractivity contribution in [3.8, 4) is 17.2 Å². The van der Waals surface area contributed by atoms with Crippen molar-refractivity contribution in [2.75, 3.05) is 7.11 Å². The fourth-order valence-electron chi connectivity index (χ4n) is 5.39. The predicted molar refractivity (Wildman–Crippen MR) is 158 cm³/mol. The largest absolute Gasteiger partial charge is 0.507 e. The number of fused-ring (bicyclic) bond motifs is 2. The molecule has 0 aromatic heterocycles. The molecule has 3 rings (SSSR count). The van der Waals surface area contributed by atoms with Crippen molar-refractivity contribution < 1.29 is 29.3 Å². The number of aromatic hydroxyl groups is 2. The number of carbonyl (C=O) groups excluding carboxylic acids is 2. The molecule has 0 bridgehead atoms. The second kappa shape index (κ2) is 16.1. The van der Waals surface area contributed by atoms with E-state index in [9.17, 15) is 19.8 Å². The van der Waals surface area contributed by atoms with Crippen LogP contribution in [0, 0.1) is 6.92 Å². The first-order valence-corrected chi connectivity index (χ1v) is 15.0. The molecule has 0 amide bonds. The highest BCUT2D eigenvalue weighted by atomic mass is 16.5. The van der Waals surface area contributed by atoms with Gasteiger partial charge in [-0.2, -0.15) is 0 Å². The summed E-state index contributed by atoms with van der Waals surface area (Å²) in [5, 5.41) is 21.1. The normalized spacial score (nSPS) is 14.3. The van der Waals surface area contributed by atoms with E-state index >= 15 is 0 Å². The SMILES string of the molecule is CCCCCCCC/C=C/CCCCCCCC(=O)OC1c2cc(C)cc(O)c2C(=O)c2c(O)cc(OC)cc21. The summed E-state index contributed by atoms with van der Waals surface area (Å²) >= 11 is 0. The van der Waals surface area contributed by atoms with E-state index in [0.29, 0.717) is 16.9 Å². The summed E-state index contributed by atoms with van der Waals surface area (Å²) in [6, 6.07) is 6.19. The number of esters is 1. The van der Waals surface area contributed by atoms with Crippen molar-refractivity contribution in [1.82, 2.24) is 0 Å². The first kappa shape index (κ1) is 31.3. The molecule has 1 aliphatic carbocycles. The first-order valence-electron chi connectivity index (χ1n) is 15.0. The molecule has 6 heteroatoms. The maximum Gasteiger partial charge on any atom is 0.306 e. The van der Waals surface area contributed by atoms with Gasteiger partial charge in [0.25, 0.3) is 0 Å². The number of phenolic OH excluding ortho intramolecular Hbond substituents is 2. The van der Waals surface area contributed by atoms with E-state index in [2.05, 4.69) is 19.1 Å². The maximum absolute atomic E-state index is 13.2. The molecular formula is C34H46O6. The third kappa shape index (κ3) is 8.61. The van der Waals surface area contributed by atoms with E-state index in [1.165, 1.54) is 64.2 Å². The fraction of sp³-hybridized carbons (Fsp3) is 0.529. The van der Waals surface area contributed by atoms with Gasteiger partial charge in [0.1, 0.15) is 17.2 Å². The van der Waals surface area contributed by atoms with Gasteiger partial charge in [0.2, 0.25) is 5.78 Å². The minimum absolute atomic E-state index is 0.0197. The minimum atomic E-state index is -0.926. The van der Waals surface area contributed by atoms with E-state index in [1.54, 1.807) is 19.1 Å². The molecule has 0 aliphatic heterocycles. The number of unbranched alkanes of at least 4 members (excludes halogenated alkanes) is 11. The van der Waals surface area contributed by atoms with Crippen LogP contribution in [-0.4, -0.2) is 29.1 Å². The summed E-state index contributed by atoms with van der Waals surface area (Å²) in [5.41, 5.74) is 1.58. The van der Waals surface area contributed by atoms with E-state index in [0.717, 1.165) is 44.1 Å². The smallest absolute Gasteiger partial charge is 0.306 e. The van der Waals surface area contributed by atoms with Crippen LogP contribution in [0.15, 0.2) is 36.4 Å². The molecule has 0 radical (unpaired) electrons. The van der Waals surface area contributed by atoms with Gasteiger partial charge in [-0.1, -0.05) is 76.5 Å². The van der Waals surface area contributed by atoms with Gasteiger partial charge in [0.15, 0.2) is 6.10 Å².